The molecule has 1 aromatic rings. The number of hydrogen-bond donors (Lipinski definition) is 2. The van der Waals surface area contributed by atoms with E-state index in [0.717, 1.165) is 9.13 Å². The number of carbonyl (C=O) groups excluding carboxylic acids is 3. The summed E-state index contributed by atoms with van der Waals surface area (Å²) in [6, 6.07) is 6.15. The van der Waals surface area contributed by atoms with Crippen molar-refractivity contribution in [2.75, 3.05) is 7.11 Å². The molecule has 1 aromatic carbocycles. The number of ether oxygens (including phenoxy) is 1. The Morgan fingerprint density at radius 1 is 1.12 bits per heavy atom. The molecule has 6 nitrogen and oxygen atoms in total. The highest BCUT2D eigenvalue weighted by atomic mass is 127. The van der Waals surface area contributed by atoms with Crippen LogP contribution < -0.4 is 10.6 Å². The molecule has 0 aliphatic heterocycles. The minimum atomic E-state index is -0.808. The Kier molecular flexibility index (Phi) is 8.17. The molecule has 0 fully saturated rings. The lowest BCUT2D eigenvalue weighted by molar-refractivity contribution is -0.145. The third-order valence-electron chi connectivity index (χ3n) is 3.46. The SMILES string of the molecule is COC(=O)[C@@H](Cc1ccc(I)cc1)NC(=O)[C@H](NC(C)=O)C(C)C. The number of amides is 2. The van der Waals surface area contributed by atoms with Crippen LogP contribution in [0.15, 0.2) is 24.3 Å². The van der Waals surface area contributed by atoms with E-state index in [1.807, 2.05) is 38.1 Å². The van der Waals surface area contributed by atoms with Crippen LogP contribution in [0.4, 0.5) is 0 Å². The van der Waals surface area contributed by atoms with Gasteiger partial charge >= 0.3 is 5.97 Å². The zero-order valence-electron chi connectivity index (χ0n) is 14.3. The minimum Gasteiger partial charge on any atom is -0.467 e. The van der Waals surface area contributed by atoms with E-state index >= 15 is 0 Å². The van der Waals surface area contributed by atoms with E-state index in [1.54, 1.807) is 0 Å². The normalized spacial score (nSPS) is 13.1. The van der Waals surface area contributed by atoms with Crippen LogP contribution in [0.1, 0.15) is 26.3 Å². The summed E-state index contributed by atoms with van der Waals surface area (Å²) in [7, 11) is 1.28. The van der Waals surface area contributed by atoms with Crippen LogP contribution in [0.25, 0.3) is 0 Å². The van der Waals surface area contributed by atoms with Crippen molar-refractivity contribution in [3.05, 3.63) is 33.4 Å². The van der Waals surface area contributed by atoms with Crippen molar-refractivity contribution >= 4 is 40.4 Å². The molecule has 132 valence electrons. The van der Waals surface area contributed by atoms with Crippen LogP contribution in [-0.4, -0.2) is 37.0 Å². The van der Waals surface area contributed by atoms with E-state index < -0.39 is 24.0 Å². The van der Waals surface area contributed by atoms with Crippen molar-refractivity contribution in [2.45, 2.75) is 39.3 Å². The summed E-state index contributed by atoms with van der Waals surface area (Å²) in [5.74, 6) is -1.32. The topological polar surface area (TPSA) is 84.5 Å². The molecule has 0 saturated heterocycles. The molecular weight excluding hydrogens is 423 g/mol. The number of nitrogens with one attached hydrogen (secondary N) is 2. The second kappa shape index (κ2) is 9.61. The highest BCUT2D eigenvalue weighted by Gasteiger charge is 2.28. The molecule has 2 amide bonds. The van der Waals surface area contributed by atoms with Crippen molar-refractivity contribution in [3.63, 3.8) is 0 Å². The van der Waals surface area contributed by atoms with E-state index in [1.165, 1.54) is 14.0 Å². The quantitative estimate of drug-likeness (QED) is 0.493. The number of carbonyl (C=O) groups is 3. The monoisotopic (exact) mass is 446 g/mol. The molecule has 0 unspecified atom stereocenters. The first-order valence-corrected chi connectivity index (χ1v) is 8.72. The van der Waals surface area contributed by atoms with Crippen LogP contribution >= 0.6 is 22.6 Å². The van der Waals surface area contributed by atoms with Crippen molar-refractivity contribution in [1.29, 1.82) is 0 Å². The molecule has 7 heteroatoms. The van der Waals surface area contributed by atoms with Gasteiger partial charge in [-0.2, -0.15) is 0 Å². The van der Waals surface area contributed by atoms with Crippen LogP contribution in [0.2, 0.25) is 0 Å². The summed E-state index contributed by atoms with van der Waals surface area (Å²) in [5, 5.41) is 5.30. The zero-order chi connectivity index (χ0) is 18.3. The van der Waals surface area contributed by atoms with Crippen LogP contribution in [0.5, 0.6) is 0 Å². The van der Waals surface area contributed by atoms with E-state index in [4.69, 9.17) is 4.74 Å². The molecule has 2 atom stereocenters. The Labute approximate surface area is 155 Å². The Hall–Kier alpha value is -1.64. The number of hydrogen-bond acceptors (Lipinski definition) is 4. The fourth-order valence-corrected chi connectivity index (χ4v) is 2.57. The number of halogens is 1. The molecule has 0 aliphatic rings. The van der Waals surface area contributed by atoms with Gasteiger partial charge in [0.05, 0.1) is 7.11 Å². The van der Waals surface area contributed by atoms with E-state index in [0.29, 0.717) is 6.42 Å². The maximum atomic E-state index is 12.5. The lowest BCUT2D eigenvalue weighted by atomic mass is 10.0. The maximum Gasteiger partial charge on any atom is 0.328 e. The van der Waals surface area contributed by atoms with Gasteiger partial charge in [0.15, 0.2) is 0 Å². The summed E-state index contributed by atoms with van der Waals surface area (Å²) in [6.45, 7) is 5.00. The highest BCUT2D eigenvalue weighted by molar-refractivity contribution is 14.1. The third kappa shape index (κ3) is 6.46. The standard InChI is InChI=1S/C17H23IN2O4/c1-10(2)15(19-11(3)21)16(22)20-14(17(23)24-4)9-12-5-7-13(18)8-6-12/h5-8,10,14-15H,9H2,1-4H3,(H,19,21)(H,20,22)/t14-,15-/m1/s1. The van der Waals surface area contributed by atoms with E-state index in [-0.39, 0.29) is 11.8 Å². The number of esters is 1. The number of rotatable bonds is 7. The van der Waals surface area contributed by atoms with Gasteiger partial charge in [-0.15, -0.1) is 0 Å². The molecule has 0 bridgehead atoms. The first-order chi connectivity index (χ1) is 11.2. The van der Waals surface area contributed by atoms with Crippen LogP contribution in [-0.2, 0) is 25.5 Å². The summed E-state index contributed by atoms with van der Waals surface area (Å²) in [4.78, 5) is 35.7. The van der Waals surface area contributed by atoms with Gasteiger partial charge in [0, 0.05) is 16.9 Å². The van der Waals surface area contributed by atoms with Gasteiger partial charge in [-0.1, -0.05) is 26.0 Å². The first kappa shape index (κ1) is 20.4. The lowest BCUT2D eigenvalue weighted by Gasteiger charge is -2.24. The third-order valence-corrected chi connectivity index (χ3v) is 4.18. The maximum absolute atomic E-state index is 12.5. The van der Waals surface area contributed by atoms with E-state index in [2.05, 4.69) is 33.2 Å². The Morgan fingerprint density at radius 2 is 1.71 bits per heavy atom. The highest BCUT2D eigenvalue weighted by Crippen LogP contribution is 2.10. The van der Waals surface area contributed by atoms with Gasteiger partial charge in [-0.3, -0.25) is 9.59 Å². The van der Waals surface area contributed by atoms with Crippen molar-refractivity contribution in [2.24, 2.45) is 5.92 Å². The Balaban J connectivity index is 2.88. The smallest absolute Gasteiger partial charge is 0.328 e. The molecule has 0 radical (unpaired) electrons. The van der Waals surface area contributed by atoms with Gasteiger partial charge in [0.1, 0.15) is 12.1 Å². The Bertz CT molecular complexity index is 587. The molecule has 2 N–H and O–H groups in total. The molecule has 1 rings (SSSR count). The summed E-state index contributed by atoms with van der Waals surface area (Å²) < 4.78 is 5.87. The van der Waals surface area contributed by atoms with Crippen molar-refractivity contribution < 1.29 is 19.1 Å². The van der Waals surface area contributed by atoms with Gasteiger partial charge in [0.25, 0.3) is 0 Å². The van der Waals surface area contributed by atoms with Gasteiger partial charge < -0.3 is 15.4 Å². The van der Waals surface area contributed by atoms with Gasteiger partial charge in [0.2, 0.25) is 11.8 Å². The minimum absolute atomic E-state index is 0.106. The second-order valence-corrected chi connectivity index (χ2v) is 7.08. The fourth-order valence-electron chi connectivity index (χ4n) is 2.21. The number of benzene rings is 1. The summed E-state index contributed by atoms with van der Waals surface area (Å²) in [5.41, 5.74) is 0.909. The summed E-state index contributed by atoms with van der Waals surface area (Å²) in [6.07, 6.45) is 0.320. The predicted octanol–water partition coefficient (Wildman–Crippen LogP) is 1.65. The largest absolute Gasteiger partial charge is 0.467 e. The number of methoxy groups -OCH3 is 1. The van der Waals surface area contributed by atoms with E-state index in [9.17, 15) is 14.4 Å². The fraction of sp³-hybridized carbons (Fsp3) is 0.471. The molecule has 0 saturated carbocycles. The van der Waals surface area contributed by atoms with Crippen molar-refractivity contribution in [3.8, 4) is 0 Å². The second-order valence-electron chi connectivity index (χ2n) is 5.84. The first-order valence-electron chi connectivity index (χ1n) is 7.64. The average molecular weight is 446 g/mol. The molecule has 0 aromatic heterocycles. The van der Waals surface area contributed by atoms with Gasteiger partial charge in [-0.05, 0) is 46.2 Å². The lowest BCUT2D eigenvalue weighted by Crippen LogP contribution is -2.54. The summed E-state index contributed by atoms with van der Waals surface area (Å²) >= 11 is 2.20. The molecule has 24 heavy (non-hydrogen) atoms. The van der Waals surface area contributed by atoms with Gasteiger partial charge in [-0.25, -0.2) is 4.79 Å². The van der Waals surface area contributed by atoms with Crippen molar-refractivity contribution in [1.82, 2.24) is 10.6 Å². The molecule has 0 spiro atoms. The van der Waals surface area contributed by atoms with Crippen LogP contribution in [0, 0.1) is 9.49 Å². The van der Waals surface area contributed by atoms with Crippen LogP contribution in [0.3, 0.4) is 0 Å². The molecular formula is C17H23IN2O4. The predicted molar refractivity (Wildman–Crippen MR) is 99.3 cm³/mol. The molecule has 0 aliphatic carbocycles. The molecule has 0 heterocycles. The zero-order valence-corrected chi connectivity index (χ0v) is 16.4. The average Bonchev–Trinajstić information content (AvgIpc) is 2.52. The Morgan fingerprint density at radius 3 is 2.17 bits per heavy atom.